The van der Waals surface area contributed by atoms with Crippen LogP contribution in [-0.4, -0.2) is 28.1 Å². The highest BCUT2D eigenvalue weighted by molar-refractivity contribution is 6.51. The van der Waals surface area contributed by atoms with Crippen molar-refractivity contribution in [3.05, 3.63) is 29.8 Å². The van der Waals surface area contributed by atoms with Crippen molar-refractivity contribution in [2.75, 3.05) is 20.0 Å². The van der Waals surface area contributed by atoms with Gasteiger partial charge in [0.15, 0.2) is 0 Å². The molecule has 0 atom stereocenters. The van der Waals surface area contributed by atoms with Gasteiger partial charge in [-0.15, -0.1) is 0 Å². The second-order valence-corrected chi connectivity index (χ2v) is 5.12. The number of hydrogen-bond donors (Lipinski definition) is 2. The topological polar surface area (TPSA) is 73.9 Å². The second-order valence-electron chi connectivity index (χ2n) is 2.96. The second kappa shape index (κ2) is 5.24. The summed E-state index contributed by atoms with van der Waals surface area (Å²) in [6.07, 6.45) is 0. The molecule has 1 aromatic rings. The molecule has 1 aromatic carbocycles. The van der Waals surface area contributed by atoms with Gasteiger partial charge in [0.25, 0.3) is 0 Å². The first-order valence-corrected chi connectivity index (χ1v) is 6.08. The van der Waals surface area contributed by atoms with Gasteiger partial charge in [-0.05, 0) is 17.7 Å². The van der Waals surface area contributed by atoms with Gasteiger partial charge in [0.2, 0.25) is 0 Å². The maximum absolute atomic E-state index is 9.59. The van der Waals surface area contributed by atoms with Gasteiger partial charge in [0.05, 0.1) is 6.61 Å². The minimum absolute atomic E-state index is 0.227. The predicted octanol–water partition coefficient (Wildman–Crippen LogP) is 0.506. The maximum Gasteiger partial charge on any atom is 0.676 e. The number of nitrogen functional groups attached to an aromatic ring is 1. The third-order valence-corrected chi connectivity index (χ3v) is 3.46. The number of rotatable bonds is 5. The zero-order chi connectivity index (χ0) is 11.3. The van der Waals surface area contributed by atoms with Crippen LogP contribution in [0.1, 0.15) is 5.56 Å². The van der Waals surface area contributed by atoms with E-state index < -0.39 is 9.05 Å². The Morgan fingerprint density at radius 2 is 1.73 bits per heavy atom. The zero-order valence-corrected chi connectivity index (χ0v) is 9.77. The SMILES string of the molecule is CO[Si](O)(OC)OCc1ccc(N)cc1. The molecule has 0 saturated carbocycles. The highest BCUT2D eigenvalue weighted by Gasteiger charge is 2.38. The summed E-state index contributed by atoms with van der Waals surface area (Å²) in [7, 11) is -0.733. The van der Waals surface area contributed by atoms with Gasteiger partial charge >= 0.3 is 9.05 Å². The van der Waals surface area contributed by atoms with Gasteiger partial charge in [-0.2, -0.15) is 0 Å². The van der Waals surface area contributed by atoms with E-state index in [1.165, 1.54) is 14.2 Å². The van der Waals surface area contributed by atoms with E-state index in [1.807, 2.05) is 12.1 Å². The molecule has 3 N–H and O–H groups in total. The molecule has 0 bridgehead atoms. The van der Waals surface area contributed by atoms with Gasteiger partial charge in [-0.1, -0.05) is 12.1 Å². The van der Waals surface area contributed by atoms with E-state index in [0.29, 0.717) is 5.69 Å². The summed E-state index contributed by atoms with van der Waals surface area (Å²) in [6.45, 7) is 0.227. The van der Waals surface area contributed by atoms with Gasteiger partial charge in [-0.25, -0.2) is 0 Å². The number of anilines is 1. The van der Waals surface area contributed by atoms with Gasteiger partial charge in [0.1, 0.15) is 0 Å². The fourth-order valence-corrected chi connectivity index (χ4v) is 1.74. The minimum Gasteiger partial charge on any atom is -0.399 e. The lowest BCUT2D eigenvalue weighted by Crippen LogP contribution is -2.43. The largest absolute Gasteiger partial charge is 0.676 e. The first kappa shape index (κ1) is 12.1. The average Bonchev–Trinajstić information content (AvgIpc) is 2.28. The molecule has 0 aliphatic rings. The monoisotopic (exact) mass is 229 g/mol. The maximum atomic E-state index is 9.59. The fraction of sp³-hybridized carbons (Fsp3) is 0.333. The van der Waals surface area contributed by atoms with Crippen LogP contribution in [0.5, 0.6) is 0 Å². The Kier molecular flexibility index (Phi) is 4.24. The molecule has 0 aromatic heterocycles. The normalized spacial score (nSPS) is 11.7. The van der Waals surface area contributed by atoms with Crippen LogP contribution in [0.15, 0.2) is 24.3 Å². The molecule has 15 heavy (non-hydrogen) atoms. The van der Waals surface area contributed by atoms with Crippen LogP contribution in [-0.2, 0) is 19.9 Å². The van der Waals surface area contributed by atoms with E-state index in [4.69, 9.17) is 19.0 Å². The molecule has 0 amide bonds. The zero-order valence-electron chi connectivity index (χ0n) is 8.77. The van der Waals surface area contributed by atoms with Crippen LogP contribution in [0.4, 0.5) is 5.69 Å². The summed E-state index contributed by atoms with van der Waals surface area (Å²) in [5.41, 5.74) is 7.11. The summed E-state index contributed by atoms with van der Waals surface area (Å²) in [6, 6.07) is 7.16. The van der Waals surface area contributed by atoms with E-state index in [-0.39, 0.29) is 6.61 Å². The number of benzene rings is 1. The third-order valence-electron chi connectivity index (χ3n) is 1.92. The lowest BCUT2D eigenvalue weighted by molar-refractivity contribution is 0.0175. The molecule has 0 unspecified atom stereocenters. The molecule has 0 radical (unpaired) electrons. The molecule has 84 valence electrons. The van der Waals surface area contributed by atoms with E-state index in [0.717, 1.165) is 5.56 Å². The molecule has 6 heteroatoms. The number of nitrogens with two attached hydrogens (primary N) is 1. The minimum atomic E-state index is -3.42. The standard InChI is InChI=1S/C9H15NO4Si/c1-12-15(11,13-2)14-7-8-3-5-9(10)6-4-8/h3-6,11H,7,10H2,1-2H3. The smallest absolute Gasteiger partial charge is 0.399 e. The Balaban J connectivity index is 2.53. The number of hydrogen-bond acceptors (Lipinski definition) is 5. The lowest BCUT2D eigenvalue weighted by Gasteiger charge is -2.18. The van der Waals surface area contributed by atoms with Gasteiger partial charge in [0, 0.05) is 19.9 Å². The van der Waals surface area contributed by atoms with Crippen molar-refractivity contribution in [3.8, 4) is 0 Å². The van der Waals surface area contributed by atoms with Crippen LogP contribution in [0.3, 0.4) is 0 Å². The van der Waals surface area contributed by atoms with E-state index in [2.05, 4.69) is 0 Å². The Hall–Kier alpha value is -0.923. The van der Waals surface area contributed by atoms with Crippen LogP contribution < -0.4 is 5.73 Å². The molecule has 0 aliphatic heterocycles. The Bertz CT molecular complexity index is 299. The van der Waals surface area contributed by atoms with Crippen LogP contribution in [0.2, 0.25) is 0 Å². The van der Waals surface area contributed by atoms with Crippen LogP contribution in [0.25, 0.3) is 0 Å². The third kappa shape index (κ3) is 3.61. The molecular formula is C9H15NO4Si. The first-order chi connectivity index (χ1) is 7.09. The molecule has 0 aliphatic carbocycles. The van der Waals surface area contributed by atoms with Crippen LogP contribution in [0, 0.1) is 0 Å². The van der Waals surface area contributed by atoms with Crippen LogP contribution >= 0.6 is 0 Å². The summed E-state index contributed by atoms with van der Waals surface area (Å²) in [5, 5.41) is 0. The highest BCUT2D eigenvalue weighted by Crippen LogP contribution is 2.10. The van der Waals surface area contributed by atoms with Gasteiger partial charge in [-0.3, -0.25) is 0 Å². The summed E-state index contributed by atoms with van der Waals surface area (Å²) in [4.78, 5) is 9.59. The molecule has 0 fully saturated rings. The Labute approximate surface area is 89.9 Å². The summed E-state index contributed by atoms with van der Waals surface area (Å²) in [5.74, 6) is 0. The van der Waals surface area contributed by atoms with Crippen molar-refractivity contribution in [3.63, 3.8) is 0 Å². The van der Waals surface area contributed by atoms with Crippen molar-refractivity contribution in [1.82, 2.24) is 0 Å². The molecule has 5 nitrogen and oxygen atoms in total. The van der Waals surface area contributed by atoms with Crippen molar-refractivity contribution >= 4 is 14.7 Å². The first-order valence-electron chi connectivity index (χ1n) is 4.40. The van der Waals surface area contributed by atoms with E-state index >= 15 is 0 Å². The Morgan fingerprint density at radius 3 is 2.20 bits per heavy atom. The highest BCUT2D eigenvalue weighted by atomic mass is 28.4. The van der Waals surface area contributed by atoms with E-state index in [9.17, 15) is 4.80 Å². The van der Waals surface area contributed by atoms with Crippen molar-refractivity contribution in [1.29, 1.82) is 0 Å². The quantitative estimate of drug-likeness (QED) is 0.568. The van der Waals surface area contributed by atoms with Crippen molar-refractivity contribution in [2.45, 2.75) is 6.61 Å². The molecule has 0 spiro atoms. The molecular weight excluding hydrogens is 214 g/mol. The summed E-state index contributed by atoms with van der Waals surface area (Å²) < 4.78 is 14.7. The molecule has 1 rings (SSSR count). The predicted molar refractivity (Wildman–Crippen MR) is 57.6 cm³/mol. The lowest BCUT2D eigenvalue weighted by atomic mass is 10.2. The molecule has 0 saturated heterocycles. The summed E-state index contributed by atoms with van der Waals surface area (Å²) >= 11 is 0. The fourth-order valence-electron chi connectivity index (χ4n) is 0.990. The van der Waals surface area contributed by atoms with E-state index in [1.54, 1.807) is 12.1 Å². The van der Waals surface area contributed by atoms with Gasteiger partial charge < -0.3 is 23.8 Å². The Morgan fingerprint density at radius 1 is 1.20 bits per heavy atom. The van der Waals surface area contributed by atoms with Crippen molar-refractivity contribution < 1.29 is 18.1 Å². The average molecular weight is 229 g/mol. The molecule has 0 heterocycles. The van der Waals surface area contributed by atoms with Crippen molar-refractivity contribution in [2.24, 2.45) is 0 Å².